The summed E-state index contributed by atoms with van der Waals surface area (Å²) in [4.78, 5) is 2.60. The molecular weight excluding hydrogens is 196 g/mol. The molecule has 0 aromatic heterocycles. The van der Waals surface area contributed by atoms with Crippen molar-refractivity contribution in [3.8, 4) is 0 Å². The van der Waals surface area contributed by atoms with E-state index in [1.54, 1.807) is 0 Å². The summed E-state index contributed by atoms with van der Waals surface area (Å²) in [6.07, 6.45) is 2.51. The van der Waals surface area contributed by atoms with Crippen molar-refractivity contribution < 1.29 is 0 Å². The highest BCUT2D eigenvalue weighted by Gasteiger charge is 2.27. The van der Waals surface area contributed by atoms with Gasteiger partial charge in [-0.1, -0.05) is 34.6 Å². The Labute approximate surface area is 103 Å². The standard InChI is InChI=1S/C14H32N2/c1-7-10-16(11-8-2)12-14(5,6)13(4)15-9-3/h13,15H,7-12H2,1-6H3. The number of hydrogen-bond donors (Lipinski definition) is 1. The first kappa shape index (κ1) is 15.9. The summed E-state index contributed by atoms with van der Waals surface area (Å²) < 4.78 is 0. The molecule has 0 rings (SSSR count). The Morgan fingerprint density at radius 2 is 1.56 bits per heavy atom. The molecule has 0 bridgehead atoms. The molecule has 0 heterocycles. The molecule has 1 atom stereocenters. The quantitative estimate of drug-likeness (QED) is 0.652. The van der Waals surface area contributed by atoms with Crippen molar-refractivity contribution in [2.45, 2.75) is 60.4 Å². The highest BCUT2D eigenvalue weighted by Crippen LogP contribution is 2.22. The van der Waals surface area contributed by atoms with E-state index < -0.39 is 0 Å². The second-order valence-corrected chi connectivity index (χ2v) is 5.54. The summed E-state index contributed by atoms with van der Waals surface area (Å²) in [6, 6.07) is 0.578. The smallest absolute Gasteiger partial charge is 0.0102 e. The summed E-state index contributed by atoms with van der Waals surface area (Å²) >= 11 is 0. The molecule has 0 aliphatic heterocycles. The van der Waals surface area contributed by atoms with Gasteiger partial charge in [0.1, 0.15) is 0 Å². The van der Waals surface area contributed by atoms with Gasteiger partial charge in [-0.25, -0.2) is 0 Å². The average molecular weight is 228 g/mol. The molecule has 98 valence electrons. The minimum absolute atomic E-state index is 0.348. The molecule has 0 aliphatic carbocycles. The first-order valence-corrected chi connectivity index (χ1v) is 6.93. The van der Waals surface area contributed by atoms with Gasteiger partial charge in [-0.2, -0.15) is 0 Å². The second-order valence-electron chi connectivity index (χ2n) is 5.54. The molecule has 0 radical (unpaired) electrons. The molecule has 0 spiro atoms. The predicted octanol–water partition coefficient (Wildman–Crippen LogP) is 3.13. The third-order valence-electron chi connectivity index (χ3n) is 3.39. The van der Waals surface area contributed by atoms with Gasteiger partial charge in [-0.3, -0.25) is 0 Å². The molecule has 2 heteroatoms. The van der Waals surface area contributed by atoms with Crippen LogP contribution >= 0.6 is 0 Å². The van der Waals surface area contributed by atoms with Gasteiger partial charge < -0.3 is 10.2 Å². The van der Waals surface area contributed by atoms with Crippen LogP contribution in [0, 0.1) is 5.41 Å². The molecule has 16 heavy (non-hydrogen) atoms. The van der Waals surface area contributed by atoms with Crippen LogP contribution in [0.15, 0.2) is 0 Å². The summed E-state index contributed by atoms with van der Waals surface area (Å²) in [5.41, 5.74) is 0.348. The van der Waals surface area contributed by atoms with E-state index >= 15 is 0 Å². The fourth-order valence-electron chi connectivity index (χ4n) is 2.20. The van der Waals surface area contributed by atoms with E-state index in [-0.39, 0.29) is 0 Å². The molecule has 0 aromatic carbocycles. The van der Waals surface area contributed by atoms with Crippen LogP contribution < -0.4 is 5.32 Å². The Morgan fingerprint density at radius 1 is 1.06 bits per heavy atom. The maximum Gasteiger partial charge on any atom is 0.0102 e. The normalized spacial score (nSPS) is 14.4. The van der Waals surface area contributed by atoms with E-state index in [1.165, 1.54) is 32.5 Å². The Kier molecular flexibility index (Phi) is 8.04. The van der Waals surface area contributed by atoms with Gasteiger partial charge in [0.15, 0.2) is 0 Å². The fraction of sp³-hybridized carbons (Fsp3) is 1.00. The first-order valence-electron chi connectivity index (χ1n) is 6.93. The van der Waals surface area contributed by atoms with Crippen molar-refractivity contribution in [3.63, 3.8) is 0 Å². The lowest BCUT2D eigenvalue weighted by atomic mass is 9.84. The molecule has 0 amide bonds. The zero-order chi connectivity index (χ0) is 12.6. The van der Waals surface area contributed by atoms with Crippen LogP contribution in [0.3, 0.4) is 0 Å². The minimum atomic E-state index is 0.348. The van der Waals surface area contributed by atoms with Crippen molar-refractivity contribution >= 4 is 0 Å². The largest absolute Gasteiger partial charge is 0.314 e. The Morgan fingerprint density at radius 3 is 1.94 bits per heavy atom. The topological polar surface area (TPSA) is 15.3 Å². The molecule has 0 saturated heterocycles. The Hall–Kier alpha value is -0.0800. The third-order valence-corrected chi connectivity index (χ3v) is 3.39. The molecule has 1 unspecified atom stereocenters. The molecule has 0 fully saturated rings. The SMILES string of the molecule is CCCN(CCC)CC(C)(C)C(C)NCC. The van der Waals surface area contributed by atoms with E-state index in [2.05, 4.69) is 51.8 Å². The number of hydrogen-bond acceptors (Lipinski definition) is 2. The van der Waals surface area contributed by atoms with Crippen molar-refractivity contribution in [1.29, 1.82) is 0 Å². The number of nitrogens with one attached hydrogen (secondary N) is 1. The van der Waals surface area contributed by atoms with Crippen LogP contribution in [0.2, 0.25) is 0 Å². The summed E-state index contributed by atoms with van der Waals surface area (Å²) in [5, 5.41) is 3.55. The minimum Gasteiger partial charge on any atom is -0.314 e. The molecular formula is C14H32N2. The maximum absolute atomic E-state index is 3.55. The van der Waals surface area contributed by atoms with Crippen LogP contribution in [0.4, 0.5) is 0 Å². The van der Waals surface area contributed by atoms with Crippen molar-refractivity contribution in [1.82, 2.24) is 10.2 Å². The van der Waals surface area contributed by atoms with Crippen LogP contribution in [0.5, 0.6) is 0 Å². The van der Waals surface area contributed by atoms with E-state index in [9.17, 15) is 0 Å². The lowest BCUT2D eigenvalue weighted by Crippen LogP contribution is -2.47. The highest BCUT2D eigenvalue weighted by atomic mass is 15.1. The van der Waals surface area contributed by atoms with Crippen molar-refractivity contribution in [3.05, 3.63) is 0 Å². The van der Waals surface area contributed by atoms with E-state index in [4.69, 9.17) is 0 Å². The highest BCUT2D eigenvalue weighted by molar-refractivity contribution is 4.83. The Bertz CT molecular complexity index is 160. The zero-order valence-corrected chi connectivity index (χ0v) is 12.3. The second kappa shape index (κ2) is 8.08. The summed E-state index contributed by atoms with van der Waals surface area (Å²) in [6.45, 7) is 18.5. The zero-order valence-electron chi connectivity index (χ0n) is 12.3. The van der Waals surface area contributed by atoms with Gasteiger partial charge in [0.2, 0.25) is 0 Å². The van der Waals surface area contributed by atoms with Gasteiger partial charge in [-0.05, 0) is 44.8 Å². The maximum atomic E-state index is 3.55. The number of rotatable bonds is 9. The van der Waals surface area contributed by atoms with E-state index in [0.717, 1.165) is 6.54 Å². The van der Waals surface area contributed by atoms with Gasteiger partial charge >= 0.3 is 0 Å². The van der Waals surface area contributed by atoms with Crippen LogP contribution in [-0.2, 0) is 0 Å². The summed E-state index contributed by atoms with van der Waals surface area (Å²) in [7, 11) is 0. The first-order chi connectivity index (χ1) is 7.47. The van der Waals surface area contributed by atoms with E-state index in [1.807, 2.05) is 0 Å². The van der Waals surface area contributed by atoms with Crippen LogP contribution in [-0.4, -0.2) is 37.1 Å². The van der Waals surface area contributed by atoms with Crippen molar-refractivity contribution in [2.75, 3.05) is 26.2 Å². The molecule has 0 saturated carbocycles. The van der Waals surface area contributed by atoms with Crippen LogP contribution in [0.25, 0.3) is 0 Å². The van der Waals surface area contributed by atoms with E-state index in [0.29, 0.717) is 11.5 Å². The molecule has 0 aliphatic rings. The average Bonchev–Trinajstić information content (AvgIpc) is 2.18. The van der Waals surface area contributed by atoms with Gasteiger partial charge in [0, 0.05) is 12.6 Å². The fourth-order valence-corrected chi connectivity index (χ4v) is 2.20. The predicted molar refractivity (Wildman–Crippen MR) is 73.9 cm³/mol. The Balaban J connectivity index is 4.26. The lowest BCUT2D eigenvalue weighted by molar-refractivity contribution is 0.143. The molecule has 1 N–H and O–H groups in total. The van der Waals surface area contributed by atoms with Crippen molar-refractivity contribution in [2.24, 2.45) is 5.41 Å². The lowest BCUT2D eigenvalue weighted by Gasteiger charge is -2.37. The number of nitrogens with zero attached hydrogens (tertiary/aromatic N) is 1. The monoisotopic (exact) mass is 228 g/mol. The third kappa shape index (κ3) is 5.86. The van der Waals surface area contributed by atoms with Crippen LogP contribution in [0.1, 0.15) is 54.4 Å². The molecule has 2 nitrogen and oxygen atoms in total. The van der Waals surface area contributed by atoms with Gasteiger partial charge in [-0.15, -0.1) is 0 Å². The van der Waals surface area contributed by atoms with Gasteiger partial charge in [0.25, 0.3) is 0 Å². The van der Waals surface area contributed by atoms with Gasteiger partial charge in [0.05, 0.1) is 0 Å². The molecule has 0 aromatic rings. The summed E-state index contributed by atoms with van der Waals surface area (Å²) in [5.74, 6) is 0.